The largest absolute Gasteiger partial charge is 0.378 e. The van der Waals surface area contributed by atoms with Crippen LogP contribution in [0, 0.1) is 0 Å². The van der Waals surface area contributed by atoms with Crippen LogP contribution in [-0.2, 0) is 14.3 Å². The van der Waals surface area contributed by atoms with Gasteiger partial charge in [0.05, 0.1) is 25.8 Å². The van der Waals surface area contributed by atoms with Crippen LogP contribution in [0.4, 0.5) is 17.1 Å². The number of likely N-dealkylation sites (N-methyl/N-ethyl adjacent to an activating group) is 1. The fourth-order valence-corrected chi connectivity index (χ4v) is 3.74. The standard InChI is InChI=1S/C22H26Cl2N4O3/c1-15(22(30)26-19-12-16(23)11-17(24)13-19)27(2)14-21(29)25-18-3-5-20(6-4-18)28-7-9-31-10-8-28/h3-6,11-13,15H,7-10,14H2,1-2H3,(H,25,29)(H,26,30). The van der Waals surface area contributed by atoms with Crippen molar-refractivity contribution in [1.82, 2.24) is 4.90 Å². The van der Waals surface area contributed by atoms with E-state index in [9.17, 15) is 9.59 Å². The van der Waals surface area contributed by atoms with Crippen LogP contribution in [0.15, 0.2) is 42.5 Å². The number of halogens is 2. The number of ether oxygens (including phenoxy) is 1. The molecule has 0 spiro atoms. The second-order valence-corrected chi connectivity index (χ2v) is 8.31. The minimum atomic E-state index is -0.535. The maximum atomic E-state index is 12.5. The molecule has 0 radical (unpaired) electrons. The Kier molecular flexibility index (Phi) is 8.15. The topological polar surface area (TPSA) is 73.9 Å². The van der Waals surface area contributed by atoms with Gasteiger partial charge in [0.1, 0.15) is 0 Å². The number of nitrogens with one attached hydrogen (secondary N) is 2. The van der Waals surface area contributed by atoms with E-state index in [-0.39, 0.29) is 18.4 Å². The van der Waals surface area contributed by atoms with E-state index in [2.05, 4.69) is 15.5 Å². The molecule has 1 unspecified atom stereocenters. The Morgan fingerprint density at radius 3 is 2.26 bits per heavy atom. The molecule has 0 saturated carbocycles. The Balaban J connectivity index is 1.50. The average Bonchev–Trinajstić information content (AvgIpc) is 2.73. The van der Waals surface area contributed by atoms with E-state index in [1.165, 1.54) is 0 Å². The minimum absolute atomic E-state index is 0.0656. The predicted octanol–water partition coefficient (Wildman–Crippen LogP) is 3.73. The first kappa shape index (κ1) is 23.3. The molecule has 0 bridgehead atoms. The van der Waals surface area contributed by atoms with Crippen LogP contribution in [0.5, 0.6) is 0 Å². The van der Waals surface area contributed by atoms with E-state index in [1.54, 1.807) is 37.1 Å². The molecule has 7 nitrogen and oxygen atoms in total. The summed E-state index contributed by atoms with van der Waals surface area (Å²) in [5, 5.41) is 6.51. The summed E-state index contributed by atoms with van der Waals surface area (Å²) in [6.07, 6.45) is 0. The first-order chi connectivity index (χ1) is 14.8. The SMILES string of the molecule is CC(C(=O)Nc1cc(Cl)cc(Cl)c1)N(C)CC(=O)Nc1ccc(N2CCOCC2)cc1. The van der Waals surface area contributed by atoms with Crippen molar-refractivity contribution in [3.05, 3.63) is 52.5 Å². The third-order valence-electron chi connectivity index (χ3n) is 5.09. The highest BCUT2D eigenvalue weighted by Gasteiger charge is 2.21. The van der Waals surface area contributed by atoms with Crippen LogP contribution in [0.2, 0.25) is 10.0 Å². The molecular weight excluding hydrogens is 439 g/mol. The number of rotatable bonds is 7. The van der Waals surface area contributed by atoms with Crippen LogP contribution < -0.4 is 15.5 Å². The highest BCUT2D eigenvalue weighted by Crippen LogP contribution is 2.23. The molecule has 0 aliphatic carbocycles. The normalized spacial score (nSPS) is 14.9. The summed E-state index contributed by atoms with van der Waals surface area (Å²) in [5.74, 6) is -0.462. The number of nitrogens with zero attached hydrogens (tertiary/aromatic N) is 2. The maximum Gasteiger partial charge on any atom is 0.241 e. The Bertz CT molecular complexity index is 897. The lowest BCUT2D eigenvalue weighted by Gasteiger charge is -2.29. The summed E-state index contributed by atoms with van der Waals surface area (Å²) < 4.78 is 5.37. The number of hydrogen-bond donors (Lipinski definition) is 2. The minimum Gasteiger partial charge on any atom is -0.378 e. The first-order valence-electron chi connectivity index (χ1n) is 10.0. The third-order valence-corrected chi connectivity index (χ3v) is 5.53. The van der Waals surface area contributed by atoms with Crippen LogP contribution in [0.1, 0.15) is 6.92 Å². The number of anilines is 3. The summed E-state index contributed by atoms with van der Waals surface area (Å²) in [7, 11) is 1.72. The lowest BCUT2D eigenvalue weighted by Crippen LogP contribution is -2.43. The molecule has 1 fully saturated rings. The third kappa shape index (κ3) is 6.83. The van der Waals surface area contributed by atoms with E-state index in [0.717, 1.165) is 32.0 Å². The molecule has 1 aliphatic rings. The van der Waals surface area contributed by atoms with E-state index in [4.69, 9.17) is 27.9 Å². The molecular formula is C22H26Cl2N4O3. The van der Waals surface area contributed by atoms with Gasteiger partial charge in [-0.2, -0.15) is 0 Å². The van der Waals surface area contributed by atoms with Crippen LogP contribution >= 0.6 is 23.2 Å². The monoisotopic (exact) mass is 464 g/mol. The van der Waals surface area contributed by atoms with Crippen molar-refractivity contribution in [2.45, 2.75) is 13.0 Å². The van der Waals surface area contributed by atoms with Gasteiger partial charge in [-0.15, -0.1) is 0 Å². The van der Waals surface area contributed by atoms with Gasteiger partial charge in [-0.25, -0.2) is 0 Å². The van der Waals surface area contributed by atoms with Gasteiger partial charge in [0.15, 0.2) is 0 Å². The molecule has 0 aromatic heterocycles. The molecule has 2 N–H and O–H groups in total. The van der Waals surface area contributed by atoms with Crippen molar-refractivity contribution in [3.63, 3.8) is 0 Å². The highest BCUT2D eigenvalue weighted by molar-refractivity contribution is 6.35. The molecule has 166 valence electrons. The van der Waals surface area contributed by atoms with Crippen LogP contribution in [0.3, 0.4) is 0 Å². The number of morpholine rings is 1. The molecule has 2 aromatic carbocycles. The molecule has 1 heterocycles. The molecule has 3 rings (SSSR count). The van der Waals surface area contributed by atoms with E-state index in [1.807, 2.05) is 24.3 Å². The zero-order valence-electron chi connectivity index (χ0n) is 17.5. The smallest absolute Gasteiger partial charge is 0.241 e. The van der Waals surface area contributed by atoms with Gasteiger partial charge in [-0.1, -0.05) is 23.2 Å². The van der Waals surface area contributed by atoms with Crippen molar-refractivity contribution < 1.29 is 14.3 Å². The molecule has 1 aliphatic heterocycles. The van der Waals surface area contributed by atoms with Gasteiger partial charge in [0.2, 0.25) is 11.8 Å². The van der Waals surface area contributed by atoms with Gasteiger partial charge in [-0.05, 0) is 56.4 Å². The fourth-order valence-electron chi connectivity index (χ4n) is 3.21. The lowest BCUT2D eigenvalue weighted by molar-refractivity contribution is -0.122. The van der Waals surface area contributed by atoms with Gasteiger partial charge in [0, 0.05) is 40.2 Å². The number of carbonyl (C=O) groups is 2. The Morgan fingerprint density at radius 2 is 1.65 bits per heavy atom. The number of carbonyl (C=O) groups excluding carboxylic acids is 2. The van der Waals surface area contributed by atoms with Gasteiger partial charge in [-0.3, -0.25) is 14.5 Å². The summed E-state index contributed by atoms with van der Waals surface area (Å²) >= 11 is 11.9. The first-order valence-corrected chi connectivity index (χ1v) is 10.8. The molecule has 2 aromatic rings. The maximum absolute atomic E-state index is 12.5. The summed E-state index contributed by atoms with van der Waals surface area (Å²) in [4.78, 5) is 28.9. The average molecular weight is 465 g/mol. The summed E-state index contributed by atoms with van der Waals surface area (Å²) in [5.41, 5.74) is 2.32. The number of hydrogen-bond acceptors (Lipinski definition) is 5. The second-order valence-electron chi connectivity index (χ2n) is 7.43. The molecule has 1 saturated heterocycles. The second kappa shape index (κ2) is 10.8. The molecule has 31 heavy (non-hydrogen) atoms. The molecule has 2 amide bonds. The zero-order valence-corrected chi connectivity index (χ0v) is 19.0. The Morgan fingerprint density at radius 1 is 1.03 bits per heavy atom. The number of amides is 2. The van der Waals surface area contributed by atoms with E-state index >= 15 is 0 Å². The fraction of sp³-hybridized carbons (Fsp3) is 0.364. The molecule has 9 heteroatoms. The van der Waals surface area contributed by atoms with Gasteiger partial charge in [0.25, 0.3) is 0 Å². The van der Waals surface area contributed by atoms with Crippen molar-refractivity contribution in [2.75, 3.05) is 55.4 Å². The quantitative estimate of drug-likeness (QED) is 0.652. The van der Waals surface area contributed by atoms with Gasteiger partial charge >= 0.3 is 0 Å². The van der Waals surface area contributed by atoms with Crippen molar-refractivity contribution >= 4 is 52.1 Å². The van der Waals surface area contributed by atoms with Crippen molar-refractivity contribution in [2.24, 2.45) is 0 Å². The predicted molar refractivity (Wildman–Crippen MR) is 125 cm³/mol. The Hall–Kier alpha value is -2.32. The number of benzene rings is 2. The van der Waals surface area contributed by atoms with Crippen LogP contribution in [-0.4, -0.2) is 62.7 Å². The van der Waals surface area contributed by atoms with Crippen molar-refractivity contribution in [3.8, 4) is 0 Å². The Labute approximate surface area is 192 Å². The zero-order chi connectivity index (χ0) is 22.4. The molecule has 1 atom stereocenters. The van der Waals surface area contributed by atoms with E-state index in [0.29, 0.717) is 21.4 Å². The van der Waals surface area contributed by atoms with E-state index < -0.39 is 6.04 Å². The van der Waals surface area contributed by atoms with Crippen molar-refractivity contribution in [1.29, 1.82) is 0 Å². The summed E-state index contributed by atoms with van der Waals surface area (Å²) in [6.45, 7) is 4.96. The highest BCUT2D eigenvalue weighted by atomic mass is 35.5. The van der Waals surface area contributed by atoms with Crippen LogP contribution in [0.25, 0.3) is 0 Å². The lowest BCUT2D eigenvalue weighted by atomic mass is 10.2. The van der Waals surface area contributed by atoms with Gasteiger partial charge < -0.3 is 20.3 Å². The summed E-state index contributed by atoms with van der Waals surface area (Å²) in [6, 6.07) is 12.0.